The van der Waals surface area contributed by atoms with Gasteiger partial charge >= 0.3 is 0 Å². The first-order valence-corrected chi connectivity index (χ1v) is 11.2. The number of aromatic nitrogens is 2. The first-order valence-electron chi connectivity index (χ1n) is 9.73. The number of nitrogens with zero attached hydrogens (tertiary/aromatic N) is 5. The Bertz CT molecular complexity index is 1020. The molecule has 2 fully saturated rings. The predicted molar refractivity (Wildman–Crippen MR) is 107 cm³/mol. The summed E-state index contributed by atoms with van der Waals surface area (Å²) in [5, 5.41) is 0. The van der Waals surface area contributed by atoms with Gasteiger partial charge in [-0.25, -0.2) is 27.2 Å². The predicted octanol–water partition coefficient (Wildman–Crippen LogP) is 1.41. The monoisotopic (exact) mass is 439 g/mol. The fourth-order valence-electron chi connectivity index (χ4n) is 3.63. The molecule has 0 atom stereocenters. The van der Waals surface area contributed by atoms with Crippen molar-refractivity contribution < 1.29 is 21.9 Å². The molecule has 4 rings (SSSR count). The van der Waals surface area contributed by atoms with Crippen LogP contribution in [-0.4, -0.2) is 75.2 Å². The molecule has 0 amide bonds. The summed E-state index contributed by atoms with van der Waals surface area (Å²) < 4.78 is 59.3. The van der Waals surface area contributed by atoms with E-state index in [2.05, 4.69) is 14.9 Å². The van der Waals surface area contributed by atoms with Crippen LogP contribution in [0.2, 0.25) is 0 Å². The molecule has 2 aliphatic heterocycles. The lowest BCUT2D eigenvalue weighted by atomic mass is 10.3. The van der Waals surface area contributed by atoms with E-state index < -0.39 is 26.6 Å². The highest BCUT2D eigenvalue weighted by molar-refractivity contribution is 7.89. The SMILES string of the molecule is Cc1nc(N2CCOCC2)cc(N2CCN(S(=O)(=O)c3ccc(F)cc3F)CC2)n1. The molecule has 162 valence electrons. The number of aryl methyl sites for hydroxylation is 1. The second kappa shape index (κ2) is 8.40. The molecule has 0 unspecified atom stereocenters. The van der Waals surface area contributed by atoms with E-state index in [9.17, 15) is 17.2 Å². The topological polar surface area (TPSA) is 78.9 Å². The maximum Gasteiger partial charge on any atom is 0.246 e. The van der Waals surface area contributed by atoms with Crippen LogP contribution in [0.15, 0.2) is 29.2 Å². The smallest absolute Gasteiger partial charge is 0.246 e. The van der Waals surface area contributed by atoms with Crippen LogP contribution in [0.3, 0.4) is 0 Å². The molecule has 8 nitrogen and oxygen atoms in total. The Morgan fingerprint density at radius 2 is 1.50 bits per heavy atom. The Hall–Kier alpha value is -2.37. The highest BCUT2D eigenvalue weighted by Crippen LogP contribution is 2.25. The van der Waals surface area contributed by atoms with Gasteiger partial charge in [0.1, 0.15) is 34.0 Å². The molecule has 0 N–H and O–H groups in total. The van der Waals surface area contributed by atoms with Gasteiger partial charge in [-0.3, -0.25) is 0 Å². The number of benzene rings is 1. The Labute approximate surface area is 174 Å². The number of hydrogen-bond acceptors (Lipinski definition) is 7. The average Bonchev–Trinajstić information content (AvgIpc) is 2.74. The summed E-state index contributed by atoms with van der Waals surface area (Å²) >= 11 is 0. The Balaban J connectivity index is 1.48. The standard InChI is InChI=1S/C19H23F2N5O3S/c1-14-22-18(13-19(23-14)25-8-10-29-11-9-25)24-4-6-26(7-5-24)30(27,28)17-3-2-15(20)12-16(17)21/h2-3,12-13H,4-11H2,1H3. The number of ether oxygens (including phenoxy) is 1. The van der Waals surface area contributed by atoms with Gasteiger partial charge in [0.15, 0.2) is 0 Å². The van der Waals surface area contributed by atoms with E-state index in [1.54, 1.807) is 0 Å². The lowest BCUT2D eigenvalue weighted by Gasteiger charge is -2.35. The van der Waals surface area contributed by atoms with E-state index in [0.717, 1.165) is 36.9 Å². The highest BCUT2D eigenvalue weighted by atomic mass is 32.2. The van der Waals surface area contributed by atoms with Crippen molar-refractivity contribution in [1.29, 1.82) is 0 Å². The van der Waals surface area contributed by atoms with Crippen LogP contribution in [0.1, 0.15) is 5.82 Å². The van der Waals surface area contributed by atoms with E-state index in [0.29, 0.717) is 38.2 Å². The van der Waals surface area contributed by atoms with E-state index in [4.69, 9.17) is 4.74 Å². The van der Waals surface area contributed by atoms with Gasteiger partial charge in [-0.1, -0.05) is 0 Å². The highest BCUT2D eigenvalue weighted by Gasteiger charge is 2.31. The molecule has 2 aliphatic rings. The van der Waals surface area contributed by atoms with Gasteiger partial charge in [-0.2, -0.15) is 4.31 Å². The second-order valence-electron chi connectivity index (χ2n) is 7.20. The lowest BCUT2D eigenvalue weighted by molar-refractivity contribution is 0.122. The van der Waals surface area contributed by atoms with Gasteiger partial charge in [0.2, 0.25) is 10.0 Å². The zero-order valence-electron chi connectivity index (χ0n) is 16.6. The quantitative estimate of drug-likeness (QED) is 0.713. The van der Waals surface area contributed by atoms with Crippen LogP contribution in [0.25, 0.3) is 0 Å². The van der Waals surface area contributed by atoms with E-state index in [1.165, 1.54) is 4.31 Å². The summed E-state index contributed by atoms with van der Waals surface area (Å²) in [5.41, 5.74) is 0. The van der Waals surface area contributed by atoms with Crippen molar-refractivity contribution in [2.45, 2.75) is 11.8 Å². The van der Waals surface area contributed by atoms with Crippen molar-refractivity contribution in [3.05, 3.63) is 41.7 Å². The number of hydrogen-bond donors (Lipinski definition) is 0. The number of anilines is 2. The first-order chi connectivity index (χ1) is 14.3. The van der Waals surface area contributed by atoms with E-state index >= 15 is 0 Å². The average molecular weight is 439 g/mol. The van der Waals surface area contributed by atoms with Crippen LogP contribution in [-0.2, 0) is 14.8 Å². The molecular weight excluding hydrogens is 416 g/mol. The Morgan fingerprint density at radius 1 is 0.900 bits per heavy atom. The van der Waals surface area contributed by atoms with Crippen molar-refractivity contribution >= 4 is 21.7 Å². The minimum atomic E-state index is -4.04. The summed E-state index contributed by atoms with van der Waals surface area (Å²) in [5.74, 6) is 0.293. The maximum absolute atomic E-state index is 14.0. The van der Waals surface area contributed by atoms with Crippen LogP contribution in [0.4, 0.5) is 20.4 Å². The number of halogens is 2. The number of piperazine rings is 1. The fourth-order valence-corrected chi connectivity index (χ4v) is 5.10. The van der Waals surface area contributed by atoms with Crippen molar-refractivity contribution in [3.63, 3.8) is 0 Å². The van der Waals surface area contributed by atoms with Crippen LogP contribution in [0.5, 0.6) is 0 Å². The molecule has 0 bridgehead atoms. The van der Waals surface area contributed by atoms with Gasteiger partial charge in [-0.05, 0) is 19.1 Å². The summed E-state index contributed by atoms with van der Waals surface area (Å²) in [6, 6.07) is 4.40. The minimum Gasteiger partial charge on any atom is -0.378 e. The third kappa shape index (κ3) is 4.23. The molecule has 2 aromatic rings. The van der Waals surface area contributed by atoms with Gasteiger partial charge < -0.3 is 14.5 Å². The van der Waals surface area contributed by atoms with Gasteiger partial charge in [0.05, 0.1) is 13.2 Å². The molecule has 30 heavy (non-hydrogen) atoms. The van der Waals surface area contributed by atoms with E-state index in [1.807, 2.05) is 17.9 Å². The van der Waals surface area contributed by atoms with Gasteiger partial charge in [-0.15, -0.1) is 0 Å². The zero-order chi connectivity index (χ0) is 21.3. The summed E-state index contributed by atoms with van der Waals surface area (Å²) in [6.07, 6.45) is 0. The molecule has 3 heterocycles. The molecule has 2 saturated heterocycles. The summed E-state index contributed by atoms with van der Waals surface area (Å²) in [4.78, 5) is 12.6. The van der Waals surface area contributed by atoms with Crippen molar-refractivity contribution in [1.82, 2.24) is 14.3 Å². The number of sulfonamides is 1. The summed E-state index contributed by atoms with van der Waals surface area (Å²) in [6.45, 7) is 5.79. The number of morpholine rings is 1. The summed E-state index contributed by atoms with van der Waals surface area (Å²) in [7, 11) is -4.04. The van der Waals surface area contributed by atoms with Crippen molar-refractivity contribution in [2.24, 2.45) is 0 Å². The molecule has 0 saturated carbocycles. The minimum absolute atomic E-state index is 0.176. The van der Waals surface area contributed by atoms with Crippen molar-refractivity contribution in [3.8, 4) is 0 Å². The molecule has 1 aromatic heterocycles. The Morgan fingerprint density at radius 3 is 2.10 bits per heavy atom. The molecule has 11 heteroatoms. The van der Waals surface area contributed by atoms with Crippen LogP contribution >= 0.6 is 0 Å². The van der Waals surface area contributed by atoms with Crippen LogP contribution < -0.4 is 9.80 Å². The molecule has 0 aliphatic carbocycles. The number of rotatable bonds is 4. The third-order valence-corrected chi connectivity index (χ3v) is 7.15. The molecule has 0 spiro atoms. The fraction of sp³-hybridized carbons (Fsp3) is 0.474. The molecule has 0 radical (unpaired) electrons. The van der Waals surface area contributed by atoms with Crippen LogP contribution in [0, 0.1) is 18.6 Å². The molecular formula is C19H23F2N5O3S. The van der Waals surface area contributed by atoms with Gasteiger partial charge in [0, 0.05) is 51.4 Å². The van der Waals surface area contributed by atoms with Crippen molar-refractivity contribution in [2.75, 3.05) is 62.3 Å². The first kappa shape index (κ1) is 20.9. The Kier molecular flexibility index (Phi) is 5.85. The maximum atomic E-state index is 14.0. The third-order valence-electron chi connectivity index (χ3n) is 5.22. The lowest BCUT2D eigenvalue weighted by Crippen LogP contribution is -2.49. The largest absolute Gasteiger partial charge is 0.378 e. The van der Waals surface area contributed by atoms with E-state index in [-0.39, 0.29) is 13.1 Å². The van der Waals surface area contributed by atoms with Gasteiger partial charge in [0.25, 0.3) is 0 Å². The zero-order valence-corrected chi connectivity index (χ0v) is 17.4. The second-order valence-corrected chi connectivity index (χ2v) is 9.10. The normalized spacial score (nSPS) is 18.6. The molecule has 1 aromatic carbocycles.